The van der Waals surface area contributed by atoms with E-state index in [2.05, 4.69) is 27.4 Å². The van der Waals surface area contributed by atoms with E-state index in [9.17, 15) is 4.79 Å². The van der Waals surface area contributed by atoms with E-state index >= 15 is 0 Å². The fourth-order valence-corrected chi connectivity index (χ4v) is 3.88. The van der Waals surface area contributed by atoms with Crippen LogP contribution >= 0.6 is 27.3 Å². The monoisotopic (exact) mass is 315 g/mol. The average Bonchev–Trinajstić information content (AvgIpc) is 2.90. The lowest BCUT2D eigenvalue weighted by atomic mass is 10.0. The van der Waals surface area contributed by atoms with Crippen LogP contribution in [0.1, 0.15) is 37.0 Å². The summed E-state index contributed by atoms with van der Waals surface area (Å²) in [6.45, 7) is 0.738. The van der Waals surface area contributed by atoms with E-state index in [4.69, 9.17) is 0 Å². The van der Waals surface area contributed by atoms with Crippen molar-refractivity contribution in [2.24, 2.45) is 5.92 Å². The third-order valence-electron chi connectivity index (χ3n) is 3.38. The molecule has 0 N–H and O–H groups in total. The molecule has 0 saturated heterocycles. The third-order valence-corrected chi connectivity index (χ3v) is 5.06. The molecular weight excluding hydrogens is 298 g/mol. The maximum absolute atomic E-state index is 12.0. The Kier molecular flexibility index (Phi) is 4.62. The fourth-order valence-electron chi connectivity index (χ4n) is 2.38. The van der Waals surface area contributed by atoms with Gasteiger partial charge in [-0.1, -0.05) is 12.8 Å². The molecule has 2 nitrogen and oxygen atoms in total. The second-order valence-corrected chi connectivity index (χ2v) is 6.75. The highest BCUT2D eigenvalue weighted by molar-refractivity contribution is 9.10. The van der Waals surface area contributed by atoms with Crippen molar-refractivity contribution in [3.05, 3.63) is 20.8 Å². The first kappa shape index (κ1) is 13.1. The number of carbonyl (C=O) groups is 1. The zero-order valence-electron chi connectivity index (χ0n) is 10.1. The summed E-state index contributed by atoms with van der Waals surface area (Å²) in [6, 6.07) is 2.09. The molecule has 1 fully saturated rings. The van der Waals surface area contributed by atoms with Gasteiger partial charge >= 0.3 is 0 Å². The Morgan fingerprint density at radius 1 is 1.53 bits per heavy atom. The average molecular weight is 316 g/mol. The van der Waals surface area contributed by atoms with Crippen molar-refractivity contribution in [3.8, 4) is 0 Å². The van der Waals surface area contributed by atoms with E-state index in [1.807, 2.05) is 11.9 Å². The molecule has 1 aromatic rings. The van der Waals surface area contributed by atoms with Gasteiger partial charge in [0, 0.05) is 28.2 Å². The normalized spacial score (nSPS) is 16.4. The molecule has 0 spiro atoms. The number of hydrogen-bond donors (Lipinski definition) is 0. The maximum atomic E-state index is 12.0. The number of nitrogens with zero attached hydrogens (tertiary/aromatic N) is 1. The third kappa shape index (κ3) is 3.81. The lowest BCUT2D eigenvalue weighted by Gasteiger charge is -2.18. The van der Waals surface area contributed by atoms with E-state index in [0.717, 1.165) is 17.4 Å². The van der Waals surface area contributed by atoms with Gasteiger partial charge in [0.1, 0.15) is 0 Å². The van der Waals surface area contributed by atoms with Crippen molar-refractivity contribution in [2.45, 2.75) is 38.6 Å². The number of carbonyl (C=O) groups excluding carboxylic acids is 1. The summed E-state index contributed by atoms with van der Waals surface area (Å²) in [7, 11) is 1.91. The van der Waals surface area contributed by atoms with Crippen molar-refractivity contribution in [1.82, 2.24) is 4.90 Å². The van der Waals surface area contributed by atoms with Gasteiger partial charge < -0.3 is 4.90 Å². The molecule has 17 heavy (non-hydrogen) atoms. The molecule has 4 heteroatoms. The number of rotatable bonds is 4. The van der Waals surface area contributed by atoms with Crippen molar-refractivity contribution in [1.29, 1.82) is 0 Å². The van der Waals surface area contributed by atoms with Crippen molar-refractivity contribution in [3.63, 3.8) is 0 Å². The van der Waals surface area contributed by atoms with Crippen LogP contribution in [0.25, 0.3) is 0 Å². The summed E-state index contributed by atoms with van der Waals surface area (Å²) in [5.74, 6) is 0.932. The standard InChI is InChI=1S/C13H18BrNOS/c1-15(8-12-7-11(14)9-17-12)13(16)6-10-4-2-3-5-10/h7,9-10H,2-6,8H2,1H3. The van der Waals surface area contributed by atoms with Crippen molar-refractivity contribution >= 4 is 33.2 Å². The molecule has 0 aromatic carbocycles. The number of hydrogen-bond acceptors (Lipinski definition) is 2. The molecule has 0 atom stereocenters. The quantitative estimate of drug-likeness (QED) is 0.820. The number of amides is 1. The Morgan fingerprint density at radius 3 is 2.82 bits per heavy atom. The largest absolute Gasteiger partial charge is 0.341 e. The van der Waals surface area contributed by atoms with Crippen LogP contribution < -0.4 is 0 Å². The number of halogens is 1. The highest BCUT2D eigenvalue weighted by atomic mass is 79.9. The molecule has 1 amide bonds. The summed E-state index contributed by atoms with van der Waals surface area (Å²) in [4.78, 5) is 15.1. The summed E-state index contributed by atoms with van der Waals surface area (Å²) in [5, 5.41) is 2.06. The van der Waals surface area contributed by atoms with Crippen LogP contribution in [0.3, 0.4) is 0 Å². The molecule has 1 aliphatic rings. The lowest BCUT2D eigenvalue weighted by molar-refractivity contribution is -0.131. The van der Waals surface area contributed by atoms with Gasteiger partial charge in [0.05, 0.1) is 6.54 Å². The minimum atomic E-state index is 0.293. The molecule has 0 aliphatic heterocycles. The van der Waals surface area contributed by atoms with Gasteiger partial charge in [-0.2, -0.15) is 0 Å². The van der Waals surface area contributed by atoms with E-state index in [1.54, 1.807) is 11.3 Å². The van der Waals surface area contributed by atoms with Crippen LogP contribution in [0.5, 0.6) is 0 Å². The zero-order chi connectivity index (χ0) is 12.3. The summed E-state index contributed by atoms with van der Waals surface area (Å²) < 4.78 is 1.11. The summed E-state index contributed by atoms with van der Waals surface area (Å²) in [6.07, 6.45) is 5.83. The van der Waals surface area contributed by atoms with Gasteiger partial charge in [0.2, 0.25) is 5.91 Å². The van der Waals surface area contributed by atoms with Crippen molar-refractivity contribution in [2.75, 3.05) is 7.05 Å². The smallest absolute Gasteiger partial charge is 0.222 e. The van der Waals surface area contributed by atoms with Crippen LogP contribution in [0, 0.1) is 5.92 Å². The van der Waals surface area contributed by atoms with Gasteiger partial charge in [-0.3, -0.25) is 4.79 Å². The van der Waals surface area contributed by atoms with E-state index in [0.29, 0.717) is 11.8 Å². The second kappa shape index (κ2) is 6.01. The maximum Gasteiger partial charge on any atom is 0.222 e. The van der Waals surface area contributed by atoms with Gasteiger partial charge in [0.25, 0.3) is 0 Å². The predicted octanol–water partition coefficient (Wildman–Crippen LogP) is 4.05. The van der Waals surface area contributed by atoms with Crippen LogP contribution in [-0.2, 0) is 11.3 Å². The van der Waals surface area contributed by atoms with Crippen molar-refractivity contribution < 1.29 is 4.79 Å². The molecule has 1 aliphatic carbocycles. The van der Waals surface area contributed by atoms with Crippen LogP contribution in [-0.4, -0.2) is 17.9 Å². The predicted molar refractivity (Wildman–Crippen MR) is 75.1 cm³/mol. The van der Waals surface area contributed by atoms with Crippen LogP contribution in [0.4, 0.5) is 0 Å². The molecule has 1 saturated carbocycles. The minimum Gasteiger partial charge on any atom is -0.341 e. The van der Waals surface area contributed by atoms with Crippen LogP contribution in [0.15, 0.2) is 15.9 Å². The molecule has 0 radical (unpaired) electrons. The second-order valence-electron chi connectivity index (χ2n) is 4.84. The van der Waals surface area contributed by atoms with E-state index < -0.39 is 0 Å². The first-order valence-electron chi connectivity index (χ1n) is 6.12. The Labute approximate surface area is 115 Å². The molecule has 0 unspecified atom stereocenters. The Hall–Kier alpha value is -0.350. The topological polar surface area (TPSA) is 20.3 Å². The van der Waals surface area contributed by atoms with Gasteiger partial charge in [0.15, 0.2) is 0 Å². The minimum absolute atomic E-state index is 0.293. The fraction of sp³-hybridized carbons (Fsp3) is 0.615. The summed E-state index contributed by atoms with van der Waals surface area (Å²) >= 11 is 5.13. The van der Waals surface area contributed by atoms with E-state index in [-0.39, 0.29) is 0 Å². The first-order valence-corrected chi connectivity index (χ1v) is 7.79. The molecule has 1 aromatic heterocycles. The van der Waals surface area contributed by atoms with Gasteiger partial charge in [-0.25, -0.2) is 0 Å². The Bertz CT molecular complexity index is 385. The Morgan fingerprint density at radius 2 is 2.24 bits per heavy atom. The number of thiophene rings is 1. The molecular formula is C13H18BrNOS. The highest BCUT2D eigenvalue weighted by Gasteiger charge is 2.20. The van der Waals surface area contributed by atoms with E-state index in [1.165, 1.54) is 30.6 Å². The molecule has 2 rings (SSSR count). The summed E-state index contributed by atoms with van der Waals surface area (Å²) in [5.41, 5.74) is 0. The van der Waals surface area contributed by atoms with Gasteiger partial charge in [-0.15, -0.1) is 11.3 Å². The molecule has 0 bridgehead atoms. The zero-order valence-corrected chi connectivity index (χ0v) is 12.5. The first-order chi connectivity index (χ1) is 8.15. The molecule has 1 heterocycles. The highest BCUT2D eigenvalue weighted by Crippen LogP contribution is 2.28. The Balaban J connectivity index is 1.82. The molecule has 94 valence electrons. The SMILES string of the molecule is CN(Cc1cc(Br)cs1)C(=O)CC1CCCC1. The lowest BCUT2D eigenvalue weighted by Crippen LogP contribution is -2.27. The van der Waals surface area contributed by atoms with Crippen LogP contribution in [0.2, 0.25) is 0 Å². The van der Waals surface area contributed by atoms with Gasteiger partial charge in [-0.05, 0) is 40.8 Å².